The molecule has 0 aliphatic heterocycles. The third-order valence-corrected chi connectivity index (χ3v) is 2.62. The highest BCUT2D eigenvalue weighted by atomic mass is 19.1. The molecular weight excluding hydrogens is 263 g/mol. The van der Waals surface area contributed by atoms with E-state index in [-0.39, 0.29) is 17.8 Å². The highest BCUT2D eigenvalue weighted by molar-refractivity contribution is 5.99. The SMILES string of the molecule is CCCNc1c(F)cccc1C(=O)NCc1ncon1. The molecule has 0 radical (unpaired) electrons. The third kappa shape index (κ3) is 3.31. The Morgan fingerprint density at radius 2 is 2.30 bits per heavy atom. The van der Waals surface area contributed by atoms with Crippen molar-refractivity contribution in [3.63, 3.8) is 0 Å². The van der Waals surface area contributed by atoms with Gasteiger partial charge in [-0.25, -0.2) is 4.39 Å². The van der Waals surface area contributed by atoms with Crippen LogP contribution in [0.1, 0.15) is 29.5 Å². The molecule has 0 aliphatic carbocycles. The van der Waals surface area contributed by atoms with Crippen molar-refractivity contribution < 1.29 is 13.7 Å². The van der Waals surface area contributed by atoms with Gasteiger partial charge in [-0.3, -0.25) is 4.79 Å². The van der Waals surface area contributed by atoms with E-state index in [4.69, 9.17) is 0 Å². The van der Waals surface area contributed by atoms with Gasteiger partial charge in [-0.05, 0) is 18.6 Å². The van der Waals surface area contributed by atoms with Gasteiger partial charge in [0, 0.05) is 6.54 Å². The van der Waals surface area contributed by atoms with Crippen LogP contribution < -0.4 is 10.6 Å². The number of carbonyl (C=O) groups excluding carboxylic acids is 1. The molecule has 1 heterocycles. The Morgan fingerprint density at radius 1 is 1.45 bits per heavy atom. The number of hydrogen-bond acceptors (Lipinski definition) is 5. The van der Waals surface area contributed by atoms with Crippen LogP contribution in [0.5, 0.6) is 0 Å². The molecule has 106 valence electrons. The average molecular weight is 278 g/mol. The second kappa shape index (κ2) is 6.65. The molecule has 0 saturated heterocycles. The van der Waals surface area contributed by atoms with Crippen molar-refractivity contribution in [2.75, 3.05) is 11.9 Å². The summed E-state index contributed by atoms with van der Waals surface area (Å²) in [6.07, 6.45) is 2.01. The van der Waals surface area contributed by atoms with Crippen molar-refractivity contribution in [1.82, 2.24) is 15.5 Å². The second-order valence-electron chi connectivity index (χ2n) is 4.12. The first-order valence-electron chi connectivity index (χ1n) is 6.28. The Labute approximate surface area is 115 Å². The molecule has 0 aliphatic rings. The zero-order valence-corrected chi connectivity index (χ0v) is 11.0. The number of nitrogens with zero attached hydrogens (tertiary/aromatic N) is 2. The number of halogens is 1. The standard InChI is InChI=1S/C13H15FN4O2/c1-2-6-15-12-9(4-3-5-10(12)14)13(19)16-7-11-17-8-20-18-11/h3-5,8,15H,2,6-7H2,1H3,(H,16,19). The number of benzene rings is 1. The van der Waals surface area contributed by atoms with E-state index in [1.807, 2.05) is 6.92 Å². The summed E-state index contributed by atoms with van der Waals surface area (Å²) in [7, 11) is 0. The molecule has 20 heavy (non-hydrogen) atoms. The van der Waals surface area contributed by atoms with Gasteiger partial charge in [-0.1, -0.05) is 18.1 Å². The molecular formula is C13H15FN4O2. The third-order valence-electron chi connectivity index (χ3n) is 2.62. The summed E-state index contributed by atoms with van der Waals surface area (Å²) in [5, 5.41) is 9.12. The van der Waals surface area contributed by atoms with E-state index in [9.17, 15) is 9.18 Å². The summed E-state index contributed by atoms with van der Waals surface area (Å²) in [5.41, 5.74) is 0.460. The average Bonchev–Trinajstić information content (AvgIpc) is 2.96. The first-order chi connectivity index (χ1) is 9.72. The fourth-order valence-electron chi connectivity index (χ4n) is 1.67. The number of para-hydroxylation sites is 1. The zero-order chi connectivity index (χ0) is 14.4. The van der Waals surface area contributed by atoms with E-state index in [2.05, 4.69) is 25.3 Å². The zero-order valence-electron chi connectivity index (χ0n) is 11.0. The minimum atomic E-state index is -0.453. The Morgan fingerprint density at radius 3 is 3.00 bits per heavy atom. The number of aromatic nitrogens is 2. The minimum absolute atomic E-state index is 0.124. The second-order valence-corrected chi connectivity index (χ2v) is 4.12. The van der Waals surface area contributed by atoms with E-state index >= 15 is 0 Å². The lowest BCUT2D eigenvalue weighted by Gasteiger charge is -2.12. The number of anilines is 1. The van der Waals surface area contributed by atoms with Gasteiger partial charge in [0.15, 0.2) is 5.82 Å². The van der Waals surface area contributed by atoms with Crippen molar-refractivity contribution >= 4 is 11.6 Å². The summed E-state index contributed by atoms with van der Waals surface area (Å²) in [6, 6.07) is 4.37. The Balaban J connectivity index is 2.10. The summed E-state index contributed by atoms with van der Waals surface area (Å²) < 4.78 is 18.3. The lowest BCUT2D eigenvalue weighted by Crippen LogP contribution is -2.25. The highest BCUT2D eigenvalue weighted by Crippen LogP contribution is 2.19. The van der Waals surface area contributed by atoms with Crippen LogP contribution in [0, 0.1) is 5.82 Å². The molecule has 0 saturated carbocycles. The van der Waals surface area contributed by atoms with Crippen LogP contribution in [0.25, 0.3) is 0 Å². The number of carbonyl (C=O) groups is 1. The molecule has 0 fully saturated rings. The molecule has 0 spiro atoms. The first-order valence-corrected chi connectivity index (χ1v) is 6.28. The monoisotopic (exact) mass is 278 g/mol. The Kier molecular flexibility index (Phi) is 4.65. The Bertz CT molecular complexity index is 572. The topological polar surface area (TPSA) is 80.0 Å². The maximum Gasteiger partial charge on any atom is 0.253 e. The number of hydrogen-bond donors (Lipinski definition) is 2. The van der Waals surface area contributed by atoms with Crippen LogP contribution in [0.2, 0.25) is 0 Å². The molecule has 1 aromatic heterocycles. The summed E-state index contributed by atoms with van der Waals surface area (Å²) in [4.78, 5) is 15.9. The van der Waals surface area contributed by atoms with E-state index in [0.717, 1.165) is 6.42 Å². The van der Waals surface area contributed by atoms with Crippen LogP contribution in [-0.2, 0) is 6.54 Å². The largest absolute Gasteiger partial charge is 0.382 e. The molecule has 2 aromatic rings. The lowest BCUT2D eigenvalue weighted by atomic mass is 10.1. The molecule has 0 atom stereocenters. The molecule has 2 N–H and O–H groups in total. The minimum Gasteiger partial charge on any atom is -0.382 e. The van der Waals surface area contributed by atoms with Gasteiger partial charge in [-0.2, -0.15) is 4.98 Å². The number of amides is 1. The van der Waals surface area contributed by atoms with Gasteiger partial charge in [0.1, 0.15) is 5.82 Å². The van der Waals surface area contributed by atoms with Gasteiger partial charge in [0.05, 0.1) is 17.8 Å². The molecule has 1 amide bonds. The smallest absolute Gasteiger partial charge is 0.253 e. The normalized spacial score (nSPS) is 10.3. The van der Waals surface area contributed by atoms with Crippen molar-refractivity contribution in [2.45, 2.75) is 19.9 Å². The highest BCUT2D eigenvalue weighted by Gasteiger charge is 2.15. The predicted molar refractivity (Wildman–Crippen MR) is 70.6 cm³/mol. The van der Waals surface area contributed by atoms with Crippen molar-refractivity contribution in [3.05, 3.63) is 41.8 Å². The molecule has 0 unspecified atom stereocenters. The predicted octanol–water partition coefficient (Wildman–Crippen LogP) is 1.96. The first kappa shape index (κ1) is 14.0. The molecule has 7 heteroatoms. The van der Waals surface area contributed by atoms with E-state index < -0.39 is 11.7 Å². The lowest BCUT2D eigenvalue weighted by molar-refractivity contribution is 0.0950. The molecule has 2 rings (SSSR count). The summed E-state index contributed by atoms with van der Waals surface area (Å²) >= 11 is 0. The van der Waals surface area contributed by atoms with Gasteiger partial charge >= 0.3 is 0 Å². The molecule has 0 bridgehead atoms. The maximum absolute atomic E-state index is 13.8. The fraction of sp³-hybridized carbons (Fsp3) is 0.308. The maximum atomic E-state index is 13.8. The van der Waals surface area contributed by atoms with Crippen molar-refractivity contribution in [1.29, 1.82) is 0 Å². The molecule has 6 nitrogen and oxygen atoms in total. The summed E-state index contributed by atoms with van der Waals surface area (Å²) in [5.74, 6) is -0.489. The van der Waals surface area contributed by atoms with E-state index in [1.54, 1.807) is 6.07 Å². The van der Waals surface area contributed by atoms with Gasteiger partial charge in [0.25, 0.3) is 5.91 Å². The van der Waals surface area contributed by atoms with Gasteiger partial charge in [-0.15, -0.1) is 0 Å². The van der Waals surface area contributed by atoms with Crippen molar-refractivity contribution in [3.8, 4) is 0 Å². The van der Waals surface area contributed by atoms with Crippen LogP contribution in [0.15, 0.2) is 29.1 Å². The fourth-order valence-corrected chi connectivity index (χ4v) is 1.67. The van der Waals surface area contributed by atoms with Gasteiger partial charge < -0.3 is 15.2 Å². The van der Waals surface area contributed by atoms with Gasteiger partial charge in [0.2, 0.25) is 6.39 Å². The quantitative estimate of drug-likeness (QED) is 0.844. The number of nitrogens with one attached hydrogen (secondary N) is 2. The van der Waals surface area contributed by atoms with Crippen LogP contribution >= 0.6 is 0 Å². The van der Waals surface area contributed by atoms with Crippen molar-refractivity contribution in [2.24, 2.45) is 0 Å². The summed E-state index contributed by atoms with van der Waals surface area (Å²) in [6.45, 7) is 2.68. The van der Waals surface area contributed by atoms with E-state index in [0.29, 0.717) is 12.4 Å². The Hall–Kier alpha value is -2.44. The van der Waals surface area contributed by atoms with E-state index in [1.165, 1.54) is 18.5 Å². The van der Waals surface area contributed by atoms with Crippen LogP contribution in [0.3, 0.4) is 0 Å². The van der Waals surface area contributed by atoms with Crippen LogP contribution in [0.4, 0.5) is 10.1 Å². The molecule has 1 aromatic carbocycles. The van der Waals surface area contributed by atoms with Crippen LogP contribution in [-0.4, -0.2) is 22.6 Å². The number of rotatable bonds is 6.